The Balaban J connectivity index is 0. The van der Waals surface area contributed by atoms with Crippen molar-refractivity contribution in [3.63, 3.8) is 0 Å². The van der Waals surface area contributed by atoms with Crippen LogP contribution in [0.1, 0.15) is 105 Å². The van der Waals surface area contributed by atoms with Crippen LogP contribution in [-0.2, 0) is 41.5 Å². The molecule has 0 saturated carbocycles. The zero-order valence-corrected chi connectivity index (χ0v) is 33.5. The molecular weight excluding hydrogens is 655 g/mol. The van der Waals surface area contributed by atoms with E-state index in [0.717, 1.165) is 6.42 Å². The van der Waals surface area contributed by atoms with Crippen LogP contribution in [0.25, 0.3) is 11.1 Å². The van der Waals surface area contributed by atoms with Crippen LogP contribution in [0.3, 0.4) is 0 Å². The van der Waals surface area contributed by atoms with E-state index in [2.05, 4.69) is 142 Å². The second kappa shape index (κ2) is 19.9. The van der Waals surface area contributed by atoms with Crippen LogP contribution in [0.15, 0.2) is 77.9 Å². The summed E-state index contributed by atoms with van der Waals surface area (Å²) in [5.41, 5.74) is 11.8. The molecule has 0 saturated heterocycles. The summed E-state index contributed by atoms with van der Waals surface area (Å²) in [5.74, 6) is 0.518. The van der Waals surface area contributed by atoms with Crippen molar-refractivity contribution >= 4 is 29.0 Å². The number of hydrogen-bond acceptors (Lipinski definition) is 0. The number of allylic oxidation sites excluding steroid dienone is 4. The van der Waals surface area contributed by atoms with Gasteiger partial charge >= 0.3 is 28.4 Å². The second-order valence-corrected chi connectivity index (χ2v) is 13.8. The van der Waals surface area contributed by atoms with Crippen molar-refractivity contribution in [3.05, 3.63) is 125 Å². The molecular formula is C41H56Cl2Zr-4. The van der Waals surface area contributed by atoms with Gasteiger partial charge in [0.15, 0.2) is 0 Å². The van der Waals surface area contributed by atoms with E-state index in [4.69, 9.17) is 0 Å². The third-order valence-corrected chi connectivity index (χ3v) is 7.14. The van der Waals surface area contributed by atoms with Crippen molar-refractivity contribution in [2.24, 2.45) is 11.3 Å². The first-order valence-electron chi connectivity index (χ1n) is 15.1. The van der Waals surface area contributed by atoms with E-state index >= 15 is 0 Å². The van der Waals surface area contributed by atoms with Gasteiger partial charge in [-0.25, -0.2) is 5.57 Å². The summed E-state index contributed by atoms with van der Waals surface area (Å²) < 4.78 is 3.34. The summed E-state index contributed by atoms with van der Waals surface area (Å²) in [6, 6.07) is 27.7. The smallest absolute Gasteiger partial charge is 0.171 e. The van der Waals surface area contributed by atoms with E-state index < -0.39 is 0 Å². The van der Waals surface area contributed by atoms with Gasteiger partial charge in [-0.2, -0.15) is 78.7 Å². The molecule has 242 valence electrons. The van der Waals surface area contributed by atoms with E-state index in [1.807, 2.05) is 30.3 Å². The minimum atomic E-state index is 0. The fourth-order valence-corrected chi connectivity index (χ4v) is 5.02. The first-order valence-corrected chi connectivity index (χ1v) is 16.8. The molecule has 2 aliphatic rings. The maximum atomic E-state index is 3.67. The van der Waals surface area contributed by atoms with Crippen LogP contribution in [0.5, 0.6) is 0 Å². The van der Waals surface area contributed by atoms with Crippen LogP contribution < -0.4 is 0 Å². The zero-order chi connectivity index (χ0) is 32.3. The average molecular weight is 711 g/mol. The molecule has 3 aromatic carbocycles. The largest absolute Gasteiger partial charge is 0.184 e. The summed E-state index contributed by atoms with van der Waals surface area (Å²) in [6.07, 6.45) is 6.74. The van der Waals surface area contributed by atoms with Crippen LogP contribution in [0, 0.1) is 36.5 Å². The average Bonchev–Trinajstić information content (AvgIpc) is 3.49. The topological polar surface area (TPSA) is 0 Å². The van der Waals surface area contributed by atoms with Gasteiger partial charge in [0.1, 0.15) is 0 Å². The first-order chi connectivity index (χ1) is 19.6. The molecule has 0 N–H and O–H groups in total. The Kier molecular flexibility index (Phi) is 20.1. The molecule has 3 aromatic rings. The third-order valence-electron chi connectivity index (χ3n) is 7.14. The minimum Gasteiger partial charge on any atom is -0.184 e. The molecule has 1 atom stereocenters. The molecule has 0 aromatic heterocycles. The van der Waals surface area contributed by atoms with Crippen molar-refractivity contribution < 1.29 is 24.2 Å². The summed E-state index contributed by atoms with van der Waals surface area (Å²) in [6.45, 7) is 29.7. The summed E-state index contributed by atoms with van der Waals surface area (Å²) in [7, 11) is 0. The van der Waals surface area contributed by atoms with E-state index in [1.165, 1.54) is 68.8 Å². The Morgan fingerprint density at radius 3 is 1.68 bits per heavy atom. The first kappa shape index (κ1) is 44.6. The molecule has 0 heterocycles. The molecule has 0 radical (unpaired) electrons. The molecule has 3 heteroatoms. The Labute approximate surface area is 299 Å². The van der Waals surface area contributed by atoms with Gasteiger partial charge in [0.2, 0.25) is 0 Å². The van der Waals surface area contributed by atoms with Gasteiger partial charge in [-0.15, -0.1) is 35.9 Å². The van der Waals surface area contributed by atoms with Crippen LogP contribution in [0.4, 0.5) is 0 Å². The van der Waals surface area contributed by atoms with E-state index in [0.29, 0.717) is 11.3 Å². The van der Waals surface area contributed by atoms with Crippen molar-refractivity contribution in [2.75, 3.05) is 0 Å². The van der Waals surface area contributed by atoms with E-state index in [9.17, 15) is 0 Å². The third kappa shape index (κ3) is 13.5. The van der Waals surface area contributed by atoms with Crippen molar-refractivity contribution in [1.82, 2.24) is 0 Å². The molecule has 0 fully saturated rings. The standard InChI is InChI=1S/C21H25.C11H17.C6H5.C2H5.CH2.2ClH.Zr/c1-20(2,3)16-7-9-18-14(12-16)11-15-13-17(21(4,5)6)8-10-19(15)18;1-8-6-9(2)10(7-8)11(3,4)5;1-2-4-6-5-3-1;1-2;;;;/h7-10,12H,11H2,1-6H3;7-8H,1-5H3;1-5H;1H2,2H3;1H2;2*1H;/q4*-1;;;;. The van der Waals surface area contributed by atoms with Gasteiger partial charge in [-0.1, -0.05) is 111 Å². The second-order valence-electron chi connectivity index (χ2n) is 13.8. The van der Waals surface area contributed by atoms with Gasteiger partial charge in [0.05, 0.1) is 0 Å². The molecule has 1 unspecified atom stereocenters. The predicted molar refractivity (Wildman–Crippen MR) is 198 cm³/mol. The SMILES string of the molecule is CC(C)(C)c1[c-]c2c(cc1)-c1ccc(C(C)(C)C)cc1C2.CC1=[C-]C(C)C=C1C(C)(C)C.Cl.Cl.[CH2-]C.[CH2]=[Zr].[c-]1ccccc1. The fourth-order valence-electron chi connectivity index (χ4n) is 5.02. The Hall–Kier alpha value is -1.53. The number of fused-ring (bicyclic) bond motifs is 3. The number of halogens is 2. The van der Waals surface area contributed by atoms with Gasteiger partial charge in [0.25, 0.3) is 0 Å². The van der Waals surface area contributed by atoms with E-state index in [-0.39, 0.29) is 35.6 Å². The molecule has 0 aliphatic heterocycles. The Morgan fingerprint density at radius 2 is 1.32 bits per heavy atom. The van der Waals surface area contributed by atoms with Crippen LogP contribution >= 0.6 is 24.8 Å². The number of rotatable bonds is 0. The Morgan fingerprint density at radius 1 is 0.773 bits per heavy atom. The van der Waals surface area contributed by atoms with Crippen molar-refractivity contribution in [3.8, 4) is 11.1 Å². The molecule has 5 rings (SSSR count). The van der Waals surface area contributed by atoms with E-state index in [1.54, 1.807) is 6.92 Å². The maximum absolute atomic E-state index is 3.67. The summed E-state index contributed by atoms with van der Waals surface area (Å²) in [5, 5.41) is 0. The number of hydrogen-bond donors (Lipinski definition) is 0. The van der Waals surface area contributed by atoms with Gasteiger partial charge in [0, 0.05) is 0 Å². The molecule has 2 aliphatic carbocycles. The fraction of sp³-hybridized carbons (Fsp3) is 0.415. The Bertz CT molecular complexity index is 1230. The summed E-state index contributed by atoms with van der Waals surface area (Å²) in [4.78, 5) is 0. The summed E-state index contributed by atoms with van der Waals surface area (Å²) >= 11 is 1.30. The van der Waals surface area contributed by atoms with Crippen LogP contribution in [-0.4, -0.2) is 4.21 Å². The molecule has 0 spiro atoms. The quantitative estimate of drug-likeness (QED) is 0.159. The molecule has 0 amide bonds. The van der Waals surface area contributed by atoms with Crippen molar-refractivity contribution in [1.29, 1.82) is 0 Å². The van der Waals surface area contributed by atoms with Crippen LogP contribution in [0.2, 0.25) is 0 Å². The van der Waals surface area contributed by atoms with Gasteiger partial charge in [-0.05, 0) is 28.4 Å². The molecule has 0 nitrogen and oxygen atoms in total. The molecule has 0 bridgehead atoms. The zero-order valence-electron chi connectivity index (χ0n) is 29.4. The van der Waals surface area contributed by atoms with Gasteiger partial charge in [-0.3, -0.25) is 6.08 Å². The normalized spacial score (nSPS) is 14.2. The minimum absolute atomic E-state index is 0. The van der Waals surface area contributed by atoms with Gasteiger partial charge < -0.3 is 6.92 Å². The number of benzene rings is 3. The monoisotopic (exact) mass is 708 g/mol. The predicted octanol–water partition coefficient (Wildman–Crippen LogP) is 12.1. The maximum Gasteiger partial charge on any atom is -0.171 e. The molecule has 44 heavy (non-hydrogen) atoms. The van der Waals surface area contributed by atoms with Crippen molar-refractivity contribution in [2.45, 2.75) is 100 Å².